The van der Waals surface area contributed by atoms with Crippen molar-refractivity contribution in [2.45, 2.75) is 25.9 Å². The number of carbonyl (C=O) groups excluding carboxylic acids is 2. The van der Waals surface area contributed by atoms with Crippen LogP contribution >= 0.6 is 0 Å². The number of rotatable bonds is 5. The van der Waals surface area contributed by atoms with E-state index >= 15 is 0 Å². The summed E-state index contributed by atoms with van der Waals surface area (Å²) in [5.74, 6) is 1.43. The van der Waals surface area contributed by atoms with Crippen molar-refractivity contribution in [2.24, 2.45) is 0 Å². The third-order valence-corrected chi connectivity index (χ3v) is 4.95. The molecule has 2 heterocycles. The molecule has 1 aliphatic heterocycles. The molecule has 1 aromatic heterocycles. The molecule has 0 radical (unpaired) electrons. The van der Waals surface area contributed by atoms with Crippen molar-refractivity contribution in [3.05, 3.63) is 41.5 Å². The number of aromatic amines is 1. The lowest BCUT2D eigenvalue weighted by Gasteiger charge is -2.36. The second-order valence-electron chi connectivity index (χ2n) is 7.42. The Morgan fingerprint density at radius 1 is 1.32 bits per heavy atom. The third-order valence-electron chi connectivity index (χ3n) is 4.95. The number of H-pyrrole nitrogens is 1. The zero-order chi connectivity index (χ0) is 20.4. The minimum atomic E-state index is -0.106. The van der Waals surface area contributed by atoms with Gasteiger partial charge in [-0.25, -0.2) is 4.98 Å². The van der Waals surface area contributed by atoms with Gasteiger partial charge in [0, 0.05) is 45.6 Å². The number of ether oxygens (including phenoxy) is 1. The van der Waals surface area contributed by atoms with Crippen LogP contribution in [0.2, 0.25) is 0 Å². The van der Waals surface area contributed by atoms with E-state index in [0.29, 0.717) is 25.1 Å². The van der Waals surface area contributed by atoms with Crippen LogP contribution in [-0.4, -0.2) is 72.4 Å². The molecule has 8 nitrogen and oxygen atoms in total. The first-order chi connectivity index (χ1) is 13.3. The number of fused-ring (bicyclic) bond motifs is 1. The first kappa shape index (κ1) is 19.7. The highest BCUT2D eigenvalue weighted by Crippen LogP contribution is 2.34. The van der Waals surface area contributed by atoms with Crippen molar-refractivity contribution >= 4 is 17.5 Å². The van der Waals surface area contributed by atoms with E-state index in [1.54, 1.807) is 38.3 Å². The average Bonchev–Trinajstić information content (AvgIpc) is 3.07. The minimum Gasteiger partial charge on any atom is -0.489 e. The molecular formula is C20H27N5O3. The van der Waals surface area contributed by atoms with Crippen LogP contribution in [0, 0.1) is 6.92 Å². The Balaban J connectivity index is 1.69. The van der Waals surface area contributed by atoms with Crippen LogP contribution in [0.3, 0.4) is 0 Å². The first-order valence-corrected chi connectivity index (χ1v) is 9.22. The van der Waals surface area contributed by atoms with Crippen molar-refractivity contribution in [1.29, 1.82) is 0 Å². The van der Waals surface area contributed by atoms with Gasteiger partial charge in [-0.15, -0.1) is 0 Å². The molecule has 1 unspecified atom stereocenters. The quantitative estimate of drug-likeness (QED) is 0.847. The molecule has 0 spiro atoms. The second kappa shape index (κ2) is 7.92. The summed E-state index contributed by atoms with van der Waals surface area (Å²) in [5.41, 5.74) is 2.38. The predicted octanol–water partition coefficient (Wildman–Crippen LogP) is 1.67. The number of hydrogen-bond acceptors (Lipinski definition) is 5. The Morgan fingerprint density at radius 3 is 2.71 bits per heavy atom. The zero-order valence-corrected chi connectivity index (χ0v) is 17.0. The van der Waals surface area contributed by atoms with Gasteiger partial charge >= 0.3 is 0 Å². The fourth-order valence-electron chi connectivity index (χ4n) is 3.21. The molecule has 0 saturated heterocycles. The number of nitrogens with zero attached hydrogens (tertiary/aromatic N) is 4. The van der Waals surface area contributed by atoms with Gasteiger partial charge in [-0.05, 0) is 25.1 Å². The van der Waals surface area contributed by atoms with E-state index < -0.39 is 0 Å². The first-order valence-electron chi connectivity index (χ1n) is 9.22. The van der Waals surface area contributed by atoms with Gasteiger partial charge in [0.2, 0.25) is 5.91 Å². The van der Waals surface area contributed by atoms with E-state index in [9.17, 15) is 9.59 Å². The van der Waals surface area contributed by atoms with Crippen LogP contribution in [0.15, 0.2) is 24.4 Å². The monoisotopic (exact) mass is 385 g/mol. The number of benzene rings is 1. The highest BCUT2D eigenvalue weighted by molar-refractivity contribution is 5.95. The number of anilines is 1. The predicted molar refractivity (Wildman–Crippen MR) is 107 cm³/mol. The Kier molecular flexibility index (Phi) is 5.58. The fraction of sp³-hybridized carbons (Fsp3) is 0.450. The normalized spacial score (nSPS) is 15.6. The number of imidazole rings is 1. The van der Waals surface area contributed by atoms with Crippen molar-refractivity contribution in [1.82, 2.24) is 19.8 Å². The summed E-state index contributed by atoms with van der Waals surface area (Å²) >= 11 is 0. The lowest BCUT2D eigenvalue weighted by Crippen LogP contribution is -2.44. The van der Waals surface area contributed by atoms with Gasteiger partial charge < -0.3 is 24.4 Å². The van der Waals surface area contributed by atoms with Gasteiger partial charge in [-0.3, -0.25) is 9.59 Å². The van der Waals surface area contributed by atoms with Crippen LogP contribution in [0.5, 0.6) is 5.75 Å². The van der Waals surface area contributed by atoms with E-state index in [-0.39, 0.29) is 17.9 Å². The maximum atomic E-state index is 12.7. The molecule has 150 valence electrons. The molecule has 0 bridgehead atoms. The van der Waals surface area contributed by atoms with Gasteiger partial charge in [0.05, 0.1) is 24.7 Å². The highest BCUT2D eigenvalue weighted by atomic mass is 16.5. The summed E-state index contributed by atoms with van der Waals surface area (Å²) in [6, 6.07) is 5.29. The third kappa shape index (κ3) is 4.11. The lowest BCUT2D eigenvalue weighted by molar-refractivity contribution is -0.131. The van der Waals surface area contributed by atoms with Crippen molar-refractivity contribution in [3.63, 3.8) is 0 Å². The van der Waals surface area contributed by atoms with Crippen molar-refractivity contribution in [3.8, 4) is 5.75 Å². The van der Waals surface area contributed by atoms with Crippen LogP contribution in [0.4, 0.5) is 5.69 Å². The molecule has 8 heteroatoms. The highest BCUT2D eigenvalue weighted by Gasteiger charge is 2.29. The van der Waals surface area contributed by atoms with Gasteiger partial charge in [0.25, 0.3) is 5.91 Å². The molecule has 0 saturated carbocycles. The van der Waals surface area contributed by atoms with Crippen molar-refractivity contribution < 1.29 is 14.3 Å². The van der Waals surface area contributed by atoms with Crippen LogP contribution in [-0.2, 0) is 11.3 Å². The molecule has 3 rings (SSSR count). The Bertz CT molecular complexity index is 876. The van der Waals surface area contributed by atoms with E-state index in [4.69, 9.17) is 4.74 Å². The molecule has 0 aliphatic carbocycles. The summed E-state index contributed by atoms with van der Waals surface area (Å²) in [6.07, 6.45) is 2.07. The molecular weight excluding hydrogens is 358 g/mol. The molecule has 28 heavy (non-hydrogen) atoms. The fourth-order valence-corrected chi connectivity index (χ4v) is 3.21. The van der Waals surface area contributed by atoms with Crippen molar-refractivity contribution in [2.75, 3.05) is 39.7 Å². The Morgan fingerprint density at radius 2 is 2.07 bits per heavy atom. The smallest absolute Gasteiger partial charge is 0.253 e. The second-order valence-corrected chi connectivity index (χ2v) is 7.42. The largest absolute Gasteiger partial charge is 0.489 e. The van der Waals surface area contributed by atoms with Gasteiger partial charge in [-0.1, -0.05) is 0 Å². The zero-order valence-electron chi connectivity index (χ0n) is 17.0. The van der Waals surface area contributed by atoms with E-state index in [2.05, 4.69) is 9.97 Å². The summed E-state index contributed by atoms with van der Waals surface area (Å²) < 4.78 is 5.85. The molecule has 2 amide bonds. The molecule has 1 aromatic carbocycles. The number of hydrogen-bond donors (Lipinski definition) is 1. The molecule has 1 N–H and O–H groups in total. The maximum absolute atomic E-state index is 12.7. The minimum absolute atomic E-state index is 0.0125. The maximum Gasteiger partial charge on any atom is 0.253 e. The van der Waals surface area contributed by atoms with Gasteiger partial charge in [0.1, 0.15) is 18.2 Å². The molecule has 0 fully saturated rings. The number of amides is 2. The number of aromatic nitrogens is 2. The Hall–Kier alpha value is -3.03. The lowest BCUT2D eigenvalue weighted by atomic mass is 10.1. The van der Waals surface area contributed by atoms with E-state index in [0.717, 1.165) is 23.0 Å². The summed E-state index contributed by atoms with van der Waals surface area (Å²) in [7, 11) is 7.14. The van der Waals surface area contributed by atoms with E-state index in [1.165, 1.54) is 4.90 Å². The number of nitrogens with one attached hydrogen (secondary N) is 1. The summed E-state index contributed by atoms with van der Waals surface area (Å²) in [6.45, 7) is 2.78. The number of likely N-dealkylation sites (N-methyl/N-ethyl adjacent to an activating group) is 1. The van der Waals surface area contributed by atoms with Gasteiger partial charge in [0.15, 0.2) is 0 Å². The van der Waals surface area contributed by atoms with E-state index in [1.807, 2.05) is 31.0 Å². The Labute approximate surface area is 165 Å². The summed E-state index contributed by atoms with van der Waals surface area (Å²) in [4.78, 5) is 37.6. The molecule has 2 aromatic rings. The molecule has 1 aliphatic rings. The SMILES string of the molecule is Cc1cnc(CN(C)C(=O)CC2COc3ccc(C(=O)N(C)C)cc3N2C)[nH]1. The van der Waals surface area contributed by atoms with Crippen LogP contribution in [0.1, 0.15) is 28.3 Å². The van der Waals surface area contributed by atoms with Crippen LogP contribution < -0.4 is 9.64 Å². The summed E-state index contributed by atoms with van der Waals surface area (Å²) in [5, 5.41) is 0. The standard InChI is InChI=1S/C20H27N5O3/c1-13-10-21-18(22-13)11-24(4)19(26)9-15-12-28-17-7-6-14(20(27)23(2)3)8-16(17)25(15)5/h6-8,10,15H,9,11-12H2,1-5H3,(H,21,22). The van der Waals surface area contributed by atoms with Gasteiger partial charge in [-0.2, -0.15) is 0 Å². The average molecular weight is 385 g/mol. The number of aryl methyl sites for hydroxylation is 1. The molecule has 1 atom stereocenters. The van der Waals surface area contributed by atoms with Crippen LogP contribution in [0.25, 0.3) is 0 Å². The topological polar surface area (TPSA) is 81.8 Å². The number of carbonyl (C=O) groups is 2.